The number of halogens is 1. The van der Waals surface area contributed by atoms with Gasteiger partial charge in [-0.15, -0.1) is 0 Å². The van der Waals surface area contributed by atoms with Gasteiger partial charge in [0.1, 0.15) is 18.1 Å². The number of amides is 2. The number of nitrogens with zero attached hydrogens (tertiary/aromatic N) is 1. The molecule has 0 bridgehead atoms. The normalized spacial score (nSPS) is 10.6. The molecule has 1 aromatic heterocycles. The first kappa shape index (κ1) is 17.5. The molecule has 7 heteroatoms. The zero-order valence-corrected chi connectivity index (χ0v) is 14.4. The number of rotatable bonds is 5. The highest BCUT2D eigenvalue weighted by Crippen LogP contribution is 2.28. The van der Waals surface area contributed by atoms with Crippen molar-refractivity contribution in [3.8, 4) is 5.75 Å². The van der Waals surface area contributed by atoms with Gasteiger partial charge in [0.05, 0.1) is 18.3 Å². The molecule has 3 aromatic rings. The molecular formula is C19H18FN3O3. The second-order valence-electron chi connectivity index (χ2n) is 5.79. The van der Waals surface area contributed by atoms with Gasteiger partial charge in [0.2, 0.25) is 11.8 Å². The van der Waals surface area contributed by atoms with Gasteiger partial charge in [-0.1, -0.05) is 0 Å². The maximum absolute atomic E-state index is 13.5. The average Bonchev–Trinajstić information content (AvgIpc) is 2.96. The summed E-state index contributed by atoms with van der Waals surface area (Å²) in [5.41, 5.74) is 1.62. The summed E-state index contributed by atoms with van der Waals surface area (Å²) in [6.07, 6.45) is 1.73. The Hall–Kier alpha value is -3.35. The fourth-order valence-electron chi connectivity index (χ4n) is 2.73. The molecule has 0 saturated heterocycles. The Morgan fingerprint density at radius 1 is 1.12 bits per heavy atom. The summed E-state index contributed by atoms with van der Waals surface area (Å²) >= 11 is 0. The molecule has 0 unspecified atom stereocenters. The zero-order valence-electron chi connectivity index (χ0n) is 14.4. The highest BCUT2D eigenvalue weighted by molar-refractivity contribution is 5.95. The van der Waals surface area contributed by atoms with Crippen LogP contribution < -0.4 is 15.4 Å². The number of methoxy groups -OCH3 is 1. The highest BCUT2D eigenvalue weighted by Gasteiger charge is 2.11. The zero-order chi connectivity index (χ0) is 18.7. The van der Waals surface area contributed by atoms with Gasteiger partial charge in [-0.3, -0.25) is 9.59 Å². The number of hydrogen-bond donors (Lipinski definition) is 2. The number of carbonyl (C=O) groups is 2. The molecule has 0 radical (unpaired) electrons. The predicted octanol–water partition coefficient (Wildman–Crippen LogP) is 3.39. The first-order valence-electron chi connectivity index (χ1n) is 7.96. The standard InChI is InChI=1S/C19H18FN3O3/c1-12(24)21-15-5-6-18(26-2)16(10-15)22-19(25)11-23-8-7-13-3-4-14(20)9-17(13)23/h3-10H,11H2,1-2H3,(H,21,24)(H,22,25). The van der Waals surface area contributed by atoms with Crippen molar-refractivity contribution in [1.82, 2.24) is 4.57 Å². The van der Waals surface area contributed by atoms with Gasteiger partial charge < -0.3 is 19.9 Å². The number of carbonyl (C=O) groups excluding carboxylic acids is 2. The van der Waals surface area contributed by atoms with E-state index < -0.39 is 0 Å². The van der Waals surface area contributed by atoms with Gasteiger partial charge in [0, 0.05) is 18.8 Å². The highest BCUT2D eigenvalue weighted by atomic mass is 19.1. The number of anilines is 2. The monoisotopic (exact) mass is 355 g/mol. The van der Waals surface area contributed by atoms with Crippen LogP contribution in [0.3, 0.4) is 0 Å². The average molecular weight is 355 g/mol. The summed E-state index contributed by atoms with van der Waals surface area (Å²) in [5, 5.41) is 6.27. The Morgan fingerprint density at radius 3 is 2.65 bits per heavy atom. The minimum atomic E-state index is -0.359. The summed E-state index contributed by atoms with van der Waals surface area (Å²) in [5.74, 6) is -0.406. The molecule has 1 heterocycles. The van der Waals surface area contributed by atoms with Crippen LogP contribution in [0.15, 0.2) is 48.7 Å². The van der Waals surface area contributed by atoms with Gasteiger partial charge in [-0.05, 0) is 47.9 Å². The van der Waals surface area contributed by atoms with Gasteiger partial charge in [0.15, 0.2) is 0 Å². The Balaban J connectivity index is 1.80. The first-order valence-corrected chi connectivity index (χ1v) is 7.96. The summed E-state index contributed by atoms with van der Waals surface area (Å²) in [4.78, 5) is 23.6. The maximum atomic E-state index is 13.5. The van der Waals surface area contributed by atoms with Crippen molar-refractivity contribution in [2.75, 3.05) is 17.7 Å². The van der Waals surface area contributed by atoms with Gasteiger partial charge >= 0.3 is 0 Å². The molecule has 26 heavy (non-hydrogen) atoms. The molecule has 3 rings (SSSR count). The molecule has 0 saturated carbocycles. The Labute approximate surface area is 149 Å². The number of fused-ring (bicyclic) bond motifs is 1. The molecule has 0 atom stereocenters. The number of nitrogens with one attached hydrogen (secondary N) is 2. The molecule has 2 amide bonds. The Morgan fingerprint density at radius 2 is 1.92 bits per heavy atom. The lowest BCUT2D eigenvalue weighted by Crippen LogP contribution is -2.19. The molecule has 6 nitrogen and oxygen atoms in total. The van der Waals surface area contributed by atoms with E-state index in [1.54, 1.807) is 35.0 Å². The fourth-order valence-corrected chi connectivity index (χ4v) is 2.73. The smallest absolute Gasteiger partial charge is 0.244 e. The number of ether oxygens (including phenoxy) is 1. The van der Waals surface area contributed by atoms with Gasteiger partial charge in [-0.25, -0.2) is 4.39 Å². The Kier molecular flexibility index (Phi) is 4.88. The van der Waals surface area contributed by atoms with Crippen molar-refractivity contribution in [3.05, 3.63) is 54.5 Å². The number of benzene rings is 2. The van der Waals surface area contributed by atoms with Crippen molar-refractivity contribution >= 4 is 34.1 Å². The van der Waals surface area contributed by atoms with Crippen LogP contribution in [0.2, 0.25) is 0 Å². The SMILES string of the molecule is COc1ccc(NC(C)=O)cc1NC(=O)Cn1ccc2ccc(F)cc21. The molecule has 0 aliphatic rings. The van der Waals surface area contributed by atoms with Crippen molar-refractivity contribution < 1.29 is 18.7 Å². The van der Waals surface area contributed by atoms with Crippen molar-refractivity contribution in [2.45, 2.75) is 13.5 Å². The third kappa shape index (κ3) is 3.83. The second-order valence-corrected chi connectivity index (χ2v) is 5.79. The third-order valence-corrected chi connectivity index (χ3v) is 3.84. The van der Waals surface area contributed by atoms with Crippen LogP contribution >= 0.6 is 0 Å². The lowest BCUT2D eigenvalue weighted by atomic mass is 10.2. The summed E-state index contributed by atoms with van der Waals surface area (Å²) < 4.78 is 20.4. The Bertz CT molecular complexity index is 981. The fraction of sp³-hybridized carbons (Fsp3) is 0.158. The van der Waals surface area contributed by atoms with Gasteiger partial charge in [-0.2, -0.15) is 0 Å². The molecule has 0 fully saturated rings. The van der Waals surface area contributed by atoms with E-state index >= 15 is 0 Å². The van der Waals surface area contributed by atoms with Crippen LogP contribution in [0.5, 0.6) is 5.75 Å². The summed E-state index contributed by atoms with van der Waals surface area (Å²) in [7, 11) is 1.49. The topological polar surface area (TPSA) is 72.4 Å². The van der Waals surface area contributed by atoms with E-state index in [4.69, 9.17) is 4.74 Å². The van der Waals surface area contributed by atoms with E-state index in [-0.39, 0.29) is 24.2 Å². The molecule has 0 spiro atoms. The van der Waals surface area contributed by atoms with Crippen molar-refractivity contribution in [2.24, 2.45) is 0 Å². The molecule has 0 aliphatic carbocycles. The van der Waals surface area contributed by atoms with Gasteiger partial charge in [0.25, 0.3) is 0 Å². The number of aromatic nitrogens is 1. The van der Waals surface area contributed by atoms with E-state index in [0.29, 0.717) is 22.6 Å². The van der Waals surface area contributed by atoms with Crippen LogP contribution in [0.25, 0.3) is 10.9 Å². The molecule has 0 aliphatic heterocycles. The van der Waals surface area contributed by atoms with E-state index in [9.17, 15) is 14.0 Å². The van der Waals surface area contributed by atoms with E-state index in [1.165, 1.54) is 26.2 Å². The minimum absolute atomic E-state index is 0.0144. The maximum Gasteiger partial charge on any atom is 0.244 e. The van der Waals surface area contributed by atoms with Crippen molar-refractivity contribution in [1.29, 1.82) is 0 Å². The molecule has 134 valence electrons. The lowest BCUT2D eigenvalue weighted by molar-refractivity contribution is -0.116. The summed E-state index contributed by atoms with van der Waals surface area (Å²) in [6.45, 7) is 1.42. The van der Waals surface area contributed by atoms with Crippen LogP contribution in [-0.2, 0) is 16.1 Å². The van der Waals surface area contributed by atoms with Crippen LogP contribution in [0, 0.1) is 5.82 Å². The molecule has 2 N–H and O–H groups in total. The number of hydrogen-bond acceptors (Lipinski definition) is 3. The van der Waals surface area contributed by atoms with E-state index in [0.717, 1.165) is 5.39 Å². The summed E-state index contributed by atoms with van der Waals surface area (Å²) in [6, 6.07) is 11.2. The van der Waals surface area contributed by atoms with Crippen LogP contribution in [0.4, 0.5) is 15.8 Å². The predicted molar refractivity (Wildman–Crippen MR) is 97.8 cm³/mol. The van der Waals surface area contributed by atoms with E-state index in [1.807, 2.05) is 6.07 Å². The van der Waals surface area contributed by atoms with Crippen LogP contribution in [-0.4, -0.2) is 23.5 Å². The quantitative estimate of drug-likeness (QED) is 0.737. The molecular weight excluding hydrogens is 337 g/mol. The largest absolute Gasteiger partial charge is 0.495 e. The lowest BCUT2D eigenvalue weighted by Gasteiger charge is -2.13. The second kappa shape index (κ2) is 7.26. The first-order chi connectivity index (χ1) is 12.5. The van der Waals surface area contributed by atoms with E-state index in [2.05, 4.69) is 10.6 Å². The van der Waals surface area contributed by atoms with Crippen molar-refractivity contribution in [3.63, 3.8) is 0 Å². The molecule has 2 aromatic carbocycles. The third-order valence-electron chi connectivity index (χ3n) is 3.84. The van der Waals surface area contributed by atoms with Crippen LogP contribution in [0.1, 0.15) is 6.92 Å². The minimum Gasteiger partial charge on any atom is -0.495 e.